The van der Waals surface area contributed by atoms with E-state index in [0.717, 1.165) is 52.0 Å². The molecular weight excluding hydrogens is 430 g/mol. The van der Waals surface area contributed by atoms with E-state index in [0.29, 0.717) is 0 Å². The van der Waals surface area contributed by atoms with Gasteiger partial charge in [0.2, 0.25) is 0 Å². The number of nitrogens with zero attached hydrogens (tertiary/aromatic N) is 1. The number of allylic oxidation sites excluding steroid dienone is 1. The third-order valence-electron chi connectivity index (χ3n) is 6.71. The van der Waals surface area contributed by atoms with E-state index in [1.165, 1.54) is 37.9 Å². The van der Waals surface area contributed by atoms with Crippen LogP contribution in [-0.4, -0.2) is 25.1 Å². The second-order valence-corrected chi connectivity index (χ2v) is 9.16. The summed E-state index contributed by atoms with van der Waals surface area (Å²) < 4.78 is 12.0. The van der Waals surface area contributed by atoms with Crippen LogP contribution in [0.25, 0.3) is 21.9 Å². The number of benzene rings is 4. The van der Waals surface area contributed by atoms with Crippen molar-refractivity contribution < 1.29 is 9.47 Å². The predicted molar refractivity (Wildman–Crippen MR) is 145 cm³/mol. The van der Waals surface area contributed by atoms with Gasteiger partial charge in [0.1, 0.15) is 17.2 Å². The molecule has 0 aromatic heterocycles. The van der Waals surface area contributed by atoms with Crippen LogP contribution in [0.15, 0.2) is 97.2 Å². The molecule has 1 heterocycles. The lowest BCUT2D eigenvalue weighted by atomic mass is 9.99. The molecule has 0 N–H and O–H groups in total. The van der Waals surface area contributed by atoms with E-state index in [-0.39, 0.29) is 0 Å². The Morgan fingerprint density at radius 1 is 0.800 bits per heavy atom. The average Bonchev–Trinajstić information content (AvgIpc) is 2.93. The van der Waals surface area contributed by atoms with Crippen molar-refractivity contribution in [2.75, 3.05) is 20.2 Å². The second kappa shape index (κ2) is 11.1. The molecule has 0 unspecified atom stereocenters. The maximum atomic E-state index is 6.55. The van der Waals surface area contributed by atoms with Crippen molar-refractivity contribution in [2.45, 2.75) is 32.1 Å². The van der Waals surface area contributed by atoms with Gasteiger partial charge < -0.3 is 14.4 Å². The topological polar surface area (TPSA) is 21.7 Å². The molecular formula is C32H33NO2. The normalized spacial score (nSPS) is 13.9. The van der Waals surface area contributed by atoms with Crippen LogP contribution in [0.4, 0.5) is 0 Å². The van der Waals surface area contributed by atoms with Crippen LogP contribution in [0.5, 0.6) is 17.2 Å². The molecule has 3 heteroatoms. The summed E-state index contributed by atoms with van der Waals surface area (Å²) in [7, 11) is 1.70. The van der Waals surface area contributed by atoms with Gasteiger partial charge in [-0.05, 0) is 91.2 Å². The first-order valence-electron chi connectivity index (χ1n) is 12.6. The van der Waals surface area contributed by atoms with Gasteiger partial charge in [-0.25, -0.2) is 0 Å². The molecule has 1 saturated heterocycles. The lowest BCUT2D eigenvalue weighted by Gasteiger charge is -2.24. The van der Waals surface area contributed by atoms with Crippen LogP contribution >= 0.6 is 0 Å². The average molecular weight is 464 g/mol. The fourth-order valence-electron chi connectivity index (χ4n) is 4.74. The SMILES string of the molecule is COc1ccc2c(Oc3ccc(CCC=CN4CCCCC4)cc3)c(-c3ccccc3)ccc2c1. The standard InChI is InChI=1S/C32H33NO2/c1-34-29-18-20-31-27(24-29)15-19-30(26-11-4-2-5-12-26)32(31)35-28-16-13-25(14-17-28)10-6-9-23-33-21-7-3-8-22-33/h2,4-5,9,11-20,23-24H,3,6-8,10,21-22H2,1H3. The summed E-state index contributed by atoms with van der Waals surface area (Å²) >= 11 is 0. The van der Waals surface area contributed by atoms with Crippen molar-refractivity contribution in [1.29, 1.82) is 0 Å². The van der Waals surface area contributed by atoms with E-state index in [1.807, 2.05) is 12.1 Å². The van der Waals surface area contributed by atoms with Gasteiger partial charge in [0.15, 0.2) is 0 Å². The quantitative estimate of drug-likeness (QED) is 0.263. The summed E-state index contributed by atoms with van der Waals surface area (Å²) in [6.07, 6.45) is 10.7. The van der Waals surface area contributed by atoms with Crippen LogP contribution in [0.3, 0.4) is 0 Å². The van der Waals surface area contributed by atoms with Crippen molar-refractivity contribution in [3.8, 4) is 28.4 Å². The summed E-state index contributed by atoms with van der Waals surface area (Å²) in [6, 6.07) is 29.3. The van der Waals surface area contributed by atoms with Crippen LogP contribution in [0.1, 0.15) is 31.2 Å². The molecule has 1 aliphatic rings. The van der Waals surface area contributed by atoms with Gasteiger partial charge in [-0.2, -0.15) is 0 Å². The van der Waals surface area contributed by atoms with E-state index >= 15 is 0 Å². The molecule has 0 saturated carbocycles. The monoisotopic (exact) mass is 463 g/mol. The Morgan fingerprint density at radius 3 is 2.34 bits per heavy atom. The Kier molecular flexibility index (Phi) is 7.33. The molecule has 0 bridgehead atoms. The molecule has 4 aromatic rings. The largest absolute Gasteiger partial charge is 0.497 e. The number of piperidine rings is 1. The Bertz CT molecular complexity index is 1270. The van der Waals surface area contributed by atoms with E-state index in [4.69, 9.17) is 9.47 Å². The Balaban J connectivity index is 1.35. The number of hydrogen-bond donors (Lipinski definition) is 0. The zero-order chi connectivity index (χ0) is 23.9. The Hall–Kier alpha value is -3.72. The molecule has 0 radical (unpaired) electrons. The van der Waals surface area contributed by atoms with Crippen molar-refractivity contribution in [2.24, 2.45) is 0 Å². The highest BCUT2D eigenvalue weighted by Gasteiger charge is 2.13. The zero-order valence-electron chi connectivity index (χ0n) is 20.5. The van der Waals surface area contributed by atoms with E-state index < -0.39 is 0 Å². The van der Waals surface area contributed by atoms with Gasteiger partial charge in [-0.1, -0.05) is 54.6 Å². The van der Waals surface area contributed by atoms with Gasteiger partial charge in [0.25, 0.3) is 0 Å². The van der Waals surface area contributed by atoms with Crippen molar-refractivity contribution in [1.82, 2.24) is 4.90 Å². The summed E-state index contributed by atoms with van der Waals surface area (Å²) in [5.74, 6) is 2.56. The van der Waals surface area contributed by atoms with Crippen molar-refractivity contribution in [3.63, 3.8) is 0 Å². The first-order chi connectivity index (χ1) is 17.3. The third kappa shape index (κ3) is 5.68. The van der Waals surface area contributed by atoms with Crippen LogP contribution in [0, 0.1) is 0 Å². The van der Waals surface area contributed by atoms with Crippen molar-refractivity contribution >= 4 is 10.8 Å². The predicted octanol–water partition coefficient (Wildman–Crippen LogP) is 8.24. The molecule has 178 valence electrons. The molecule has 0 spiro atoms. The highest BCUT2D eigenvalue weighted by molar-refractivity contribution is 5.96. The van der Waals surface area contributed by atoms with Crippen LogP contribution in [-0.2, 0) is 6.42 Å². The molecule has 4 aromatic carbocycles. The number of ether oxygens (including phenoxy) is 2. The molecule has 1 fully saturated rings. The smallest absolute Gasteiger partial charge is 0.143 e. The minimum Gasteiger partial charge on any atom is -0.497 e. The lowest BCUT2D eigenvalue weighted by Crippen LogP contribution is -2.24. The maximum absolute atomic E-state index is 6.55. The van der Waals surface area contributed by atoms with Crippen molar-refractivity contribution in [3.05, 3.63) is 103 Å². The van der Waals surface area contributed by atoms with Gasteiger partial charge in [0, 0.05) is 24.0 Å². The fourth-order valence-corrected chi connectivity index (χ4v) is 4.74. The van der Waals surface area contributed by atoms with E-state index in [2.05, 4.69) is 90.0 Å². The Morgan fingerprint density at radius 2 is 1.57 bits per heavy atom. The van der Waals surface area contributed by atoms with Gasteiger partial charge in [-0.3, -0.25) is 0 Å². The Labute approximate surface area is 208 Å². The molecule has 5 rings (SSSR count). The fraction of sp³-hybridized carbons (Fsp3) is 0.250. The summed E-state index contributed by atoms with van der Waals surface area (Å²) in [5.41, 5.74) is 3.54. The molecule has 0 aliphatic carbocycles. The number of hydrogen-bond acceptors (Lipinski definition) is 3. The van der Waals surface area contributed by atoms with Crippen LogP contribution < -0.4 is 9.47 Å². The highest BCUT2D eigenvalue weighted by atomic mass is 16.5. The summed E-state index contributed by atoms with van der Waals surface area (Å²) in [6.45, 7) is 2.41. The van der Waals surface area contributed by atoms with Gasteiger partial charge >= 0.3 is 0 Å². The maximum Gasteiger partial charge on any atom is 0.143 e. The molecule has 35 heavy (non-hydrogen) atoms. The van der Waals surface area contributed by atoms with Gasteiger partial charge in [0.05, 0.1) is 7.11 Å². The van der Waals surface area contributed by atoms with Gasteiger partial charge in [-0.15, -0.1) is 0 Å². The zero-order valence-corrected chi connectivity index (χ0v) is 20.5. The van der Waals surface area contributed by atoms with E-state index in [9.17, 15) is 0 Å². The van der Waals surface area contributed by atoms with Crippen LogP contribution in [0.2, 0.25) is 0 Å². The lowest BCUT2D eigenvalue weighted by molar-refractivity contribution is 0.308. The first kappa shape index (κ1) is 23.0. The third-order valence-corrected chi connectivity index (χ3v) is 6.71. The first-order valence-corrected chi connectivity index (χ1v) is 12.6. The summed E-state index contributed by atoms with van der Waals surface area (Å²) in [5, 5.41) is 2.16. The number of aryl methyl sites for hydroxylation is 1. The number of methoxy groups -OCH3 is 1. The second-order valence-electron chi connectivity index (χ2n) is 9.16. The number of rotatable bonds is 8. The molecule has 0 atom stereocenters. The number of fused-ring (bicyclic) bond motifs is 1. The number of likely N-dealkylation sites (tertiary alicyclic amines) is 1. The highest BCUT2D eigenvalue weighted by Crippen LogP contribution is 2.40. The van der Waals surface area contributed by atoms with E-state index in [1.54, 1.807) is 7.11 Å². The summed E-state index contributed by atoms with van der Waals surface area (Å²) in [4.78, 5) is 2.45. The molecule has 0 amide bonds. The minimum absolute atomic E-state index is 0.842. The minimum atomic E-state index is 0.842. The molecule has 1 aliphatic heterocycles. The molecule has 3 nitrogen and oxygen atoms in total.